The summed E-state index contributed by atoms with van der Waals surface area (Å²) in [5.41, 5.74) is 5.25. The second-order valence-electron chi connectivity index (χ2n) is 4.28. The minimum absolute atomic E-state index is 0.155. The van der Waals surface area contributed by atoms with Gasteiger partial charge in [-0.2, -0.15) is 5.26 Å². The number of hydrogen-bond acceptors (Lipinski definition) is 4. The predicted octanol–water partition coefficient (Wildman–Crippen LogP) is 0.565. The van der Waals surface area contributed by atoms with Crippen molar-refractivity contribution in [1.82, 2.24) is 0 Å². The highest BCUT2D eigenvalue weighted by atomic mass is 16.6. The van der Waals surface area contributed by atoms with Gasteiger partial charge in [0.05, 0.1) is 25.4 Å². The number of nitrogens with two attached hydrogens (primary N) is 1. The molecule has 0 bridgehead atoms. The number of nitrogens with zero attached hydrogens (tertiary/aromatic N) is 1. The third-order valence-corrected chi connectivity index (χ3v) is 2.96. The summed E-state index contributed by atoms with van der Waals surface area (Å²) in [5.74, 6) is 0. The quantitative estimate of drug-likeness (QED) is 0.701. The maximum atomic E-state index is 8.92. The van der Waals surface area contributed by atoms with Crippen LogP contribution in [0.5, 0.6) is 0 Å². The summed E-state index contributed by atoms with van der Waals surface area (Å²) in [6.45, 7) is 1.39. The normalized spacial score (nSPS) is 38.7. The van der Waals surface area contributed by atoms with Gasteiger partial charge in [0, 0.05) is 6.42 Å². The van der Waals surface area contributed by atoms with Crippen molar-refractivity contribution in [3.8, 4) is 6.07 Å². The van der Waals surface area contributed by atoms with Crippen molar-refractivity contribution in [2.45, 2.75) is 43.4 Å². The van der Waals surface area contributed by atoms with Crippen LogP contribution in [0.4, 0.5) is 0 Å². The van der Waals surface area contributed by atoms with Gasteiger partial charge in [0.15, 0.2) is 0 Å². The van der Waals surface area contributed by atoms with Crippen LogP contribution in [-0.4, -0.2) is 31.0 Å². The largest absolute Gasteiger partial charge is 0.376 e. The Bertz CT molecular complexity index is 247. The molecule has 2 rings (SSSR count). The molecule has 1 heterocycles. The zero-order chi connectivity index (χ0) is 10.0. The third kappa shape index (κ3) is 2.06. The van der Waals surface area contributed by atoms with E-state index in [0.717, 1.165) is 19.3 Å². The van der Waals surface area contributed by atoms with E-state index in [1.165, 1.54) is 0 Å². The number of ether oxygens (including phenoxy) is 2. The smallest absolute Gasteiger partial charge is 0.106 e. The van der Waals surface area contributed by atoms with Gasteiger partial charge in [-0.1, -0.05) is 0 Å². The lowest BCUT2D eigenvalue weighted by atomic mass is 9.82. The molecule has 0 spiro atoms. The van der Waals surface area contributed by atoms with Gasteiger partial charge in [-0.05, 0) is 19.3 Å². The van der Waals surface area contributed by atoms with Crippen LogP contribution in [0.1, 0.15) is 25.7 Å². The fraction of sp³-hybridized carbons (Fsp3) is 0.900. The molecule has 0 radical (unpaired) electrons. The van der Waals surface area contributed by atoms with E-state index in [9.17, 15) is 0 Å². The van der Waals surface area contributed by atoms with Crippen molar-refractivity contribution < 1.29 is 9.47 Å². The molecule has 4 nitrogen and oxygen atoms in total. The minimum atomic E-state index is -0.659. The number of rotatable bonds is 2. The second-order valence-corrected chi connectivity index (χ2v) is 4.28. The van der Waals surface area contributed by atoms with E-state index in [1.807, 2.05) is 0 Å². The SMILES string of the molecule is N#CC1(N)CCCC(OC2COC2)C1. The lowest BCUT2D eigenvalue weighted by molar-refractivity contribution is -0.162. The molecule has 2 N–H and O–H groups in total. The first-order chi connectivity index (χ1) is 6.72. The van der Waals surface area contributed by atoms with Crippen LogP contribution in [0.2, 0.25) is 0 Å². The zero-order valence-electron chi connectivity index (χ0n) is 8.24. The fourth-order valence-electron chi connectivity index (χ4n) is 2.04. The molecule has 1 saturated carbocycles. The molecule has 1 saturated heterocycles. The van der Waals surface area contributed by atoms with E-state index in [0.29, 0.717) is 19.6 Å². The first-order valence-corrected chi connectivity index (χ1v) is 5.15. The number of hydrogen-bond donors (Lipinski definition) is 1. The van der Waals surface area contributed by atoms with Crippen LogP contribution in [0, 0.1) is 11.3 Å². The molecular weight excluding hydrogens is 180 g/mol. The van der Waals surface area contributed by atoms with Crippen LogP contribution in [0.3, 0.4) is 0 Å². The average molecular weight is 196 g/mol. The highest BCUT2D eigenvalue weighted by molar-refractivity contribution is 5.07. The van der Waals surface area contributed by atoms with Crippen molar-refractivity contribution in [2.24, 2.45) is 5.73 Å². The summed E-state index contributed by atoms with van der Waals surface area (Å²) < 4.78 is 10.8. The van der Waals surface area contributed by atoms with Gasteiger partial charge in [-0.25, -0.2) is 0 Å². The first-order valence-electron chi connectivity index (χ1n) is 5.15. The molecule has 78 valence electrons. The Balaban J connectivity index is 1.84. The Morgan fingerprint density at radius 2 is 2.21 bits per heavy atom. The summed E-state index contributed by atoms with van der Waals surface area (Å²) in [7, 11) is 0. The topological polar surface area (TPSA) is 68.3 Å². The van der Waals surface area contributed by atoms with E-state index < -0.39 is 5.54 Å². The standard InChI is InChI=1S/C10H16N2O2/c11-7-10(12)3-1-2-8(4-10)14-9-5-13-6-9/h8-9H,1-6,12H2. The molecule has 14 heavy (non-hydrogen) atoms. The monoisotopic (exact) mass is 196 g/mol. The third-order valence-electron chi connectivity index (χ3n) is 2.96. The Hall–Kier alpha value is -0.630. The Morgan fingerprint density at radius 3 is 2.79 bits per heavy atom. The highest BCUT2D eigenvalue weighted by Crippen LogP contribution is 2.29. The maximum Gasteiger partial charge on any atom is 0.106 e. The summed E-state index contributed by atoms with van der Waals surface area (Å²) >= 11 is 0. The van der Waals surface area contributed by atoms with Crippen LogP contribution < -0.4 is 5.73 Å². The highest BCUT2D eigenvalue weighted by Gasteiger charge is 2.35. The summed E-state index contributed by atoms with van der Waals surface area (Å²) in [6, 6.07) is 2.19. The molecule has 0 amide bonds. The Kier molecular flexibility index (Phi) is 2.73. The van der Waals surface area contributed by atoms with E-state index in [4.69, 9.17) is 20.5 Å². The predicted molar refractivity (Wildman–Crippen MR) is 50.5 cm³/mol. The van der Waals surface area contributed by atoms with E-state index in [1.54, 1.807) is 0 Å². The lowest BCUT2D eigenvalue weighted by Gasteiger charge is -2.36. The first kappa shape index (κ1) is 9.91. The van der Waals surface area contributed by atoms with Crippen LogP contribution in [-0.2, 0) is 9.47 Å². The van der Waals surface area contributed by atoms with Crippen molar-refractivity contribution in [1.29, 1.82) is 5.26 Å². The molecule has 2 aliphatic rings. The van der Waals surface area contributed by atoms with Gasteiger partial charge < -0.3 is 15.2 Å². The average Bonchev–Trinajstić information content (AvgIpc) is 2.12. The van der Waals surface area contributed by atoms with E-state index in [2.05, 4.69) is 6.07 Å². The van der Waals surface area contributed by atoms with Crippen molar-refractivity contribution in [3.05, 3.63) is 0 Å². The van der Waals surface area contributed by atoms with Crippen molar-refractivity contribution >= 4 is 0 Å². The van der Waals surface area contributed by atoms with Gasteiger partial charge in [-0.3, -0.25) is 0 Å². The molecule has 1 aliphatic heterocycles. The lowest BCUT2D eigenvalue weighted by Crippen LogP contribution is -2.48. The fourth-order valence-corrected chi connectivity index (χ4v) is 2.04. The van der Waals surface area contributed by atoms with Crippen LogP contribution >= 0.6 is 0 Å². The minimum Gasteiger partial charge on any atom is -0.376 e. The molecule has 2 unspecified atom stereocenters. The van der Waals surface area contributed by atoms with Crippen LogP contribution in [0.15, 0.2) is 0 Å². The van der Waals surface area contributed by atoms with Crippen LogP contribution in [0.25, 0.3) is 0 Å². The van der Waals surface area contributed by atoms with Gasteiger partial charge in [-0.15, -0.1) is 0 Å². The molecule has 0 aromatic heterocycles. The molecule has 0 aromatic rings. The molecule has 2 atom stereocenters. The molecule has 4 heteroatoms. The van der Waals surface area contributed by atoms with Gasteiger partial charge in [0.2, 0.25) is 0 Å². The summed E-state index contributed by atoms with van der Waals surface area (Å²) in [4.78, 5) is 0. The Labute approximate surface area is 84.0 Å². The molecule has 1 aliphatic carbocycles. The van der Waals surface area contributed by atoms with Gasteiger partial charge >= 0.3 is 0 Å². The summed E-state index contributed by atoms with van der Waals surface area (Å²) in [6.07, 6.45) is 3.87. The molecule has 2 fully saturated rings. The number of nitriles is 1. The van der Waals surface area contributed by atoms with Gasteiger partial charge in [0.25, 0.3) is 0 Å². The Morgan fingerprint density at radius 1 is 1.43 bits per heavy atom. The van der Waals surface area contributed by atoms with E-state index in [-0.39, 0.29) is 12.2 Å². The zero-order valence-corrected chi connectivity index (χ0v) is 8.24. The molecular formula is C10H16N2O2. The molecule has 0 aromatic carbocycles. The van der Waals surface area contributed by atoms with E-state index >= 15 is 0 Å². The maximum absolute atomic E-state index is 8.92. The second kappa shape index (κ2) is 3.85. The van der Waals surface area contributed by atoms with Crippen molar-refractivity contribution in [2.75, 3.05) is 13.2 Å². The summed E-state index contributed by atoms with van der Waals surface area (Å²) in [5, 5.41) is 8.92. The van der Waals surface area contributed by atoms with Crippen molar-refractivity contribution in [3.63, 3.8) is 0 Å². The van der Waals surface area contributed by atoms with Gasteiger partial charge in [0.1, 0.15) is 11.6 Å².